The molecule has 5 aromatic rings. The molecule has 0 radical (unpaired) electrons. The largest absolute Gasteiger partial charge is 0.416 e. The molecule has 180 valence electrons. The van der Waals surface area contributed by atoms with E-state index in [0.29, 0.717) is 11.1 Å². The normalized spacial score (nSPS) is 13.3. The Hall–Kier alpha value is -4.64. The molecule has 36 heavy (non-hydrogen) atoms. The summed E-state index contributed by atoms with van der Waals surface area (Å²) in [5, 5.41) is 22.1. The maximum absolute atomic E-state index is 13.4. The third kappa shape index (κ3) is 4.16. The number of aromatic amines is 1. The third-order valence-corrected chi connectivity index (χ3v) is 5.63. The van der Waals surface area contributed by atoms with Crippen molar-refractivity contribution in [1.29, 1.82) is 0 Å². The van der Waals surface area contributed by atoms with Crippen LogP contribution in [0.3, 0.4) is 0 Å². The Morgan fingerprint density at radius 3 is 2.50 bits per heavy atom. The Balaban J connectivity index is 1.53. The van der Waals surface area contributed by atoms with Crippen molar-refractivity contribution in [3.05, 3.63) is 103 Å². The Labute approximate surface area is 201 Å². The number of rotatable bonds is 5. The van der Waals surface area contributed by atoms with Crippen LogP contribution in [0.1, 0.15) is 17.0 Å². The van der Waals surface area contributed by atoms with Crippen molar-refractivity contribution < 1.29 is 23.1 Å². The zero-order valence-electron chi connectivity index (χ0n) is 18.4. The molecule has 0 aliphatic carbocycles. The van der Waals surface area contributed by atoms with Crippen LogP contribution in [0.5, 0.6) is 0 Å². The third-order valence-electron chi connectivity index (χ3n) is 5.63. The van der Waals surface area contributed by atoms with E-state index < -0.39 is 23.2 Å². The Morgan fingerprint density at radius 1 is 0.972 bits per heavy atom. The fourth-order valence-corrected chi connectivity index (χ4v) is 3.86. The van der Waals surface area contributed by atoms with Crippen molar-refractivity contribution in [2.75, 3.05) is 5.32 Å². The summed E-state index contributed by atoms with van der Waals surface area (Å²) in [6.45, 7) is 0. The first kappa shape index (κ1) is 23.1. The number of carbonyl (C=O) groups is 1. The van der Waals surface area contributed by atoms with Crippen LogP contribution < -0.4 is 5.32 Å². The van der Waals surface area contributed by atoms with Crippen molar-refractivity contribution >= 4 is 22.5 Å². The smallest absolute Gasteiger partial charge is 0.369 e. The zero-order valence-corrected chi connectivity index (χ0v) is 18.4. The van der Waals surface area contributed by atoms with Crippen LogP contribution in [-0.2, 0) is 16.6 Å². The quantitative estimate of drug-likeness (QED) is 0.338. The minimum atomic E-state index is -4.53. The van der Waals surface area contributed by atoms with Crippen molar-refractivity contribution in [3.8, 4) is 11.1 Å². The number of nitrogens with one attached hydrogen (secondary N) is 2. The van der Waals surface area contributed by atoms with Gasteiger partial charge in [-0.05, 0) is 24.3 Å². The minimum absolute atomic E-state index is 0.0133. The lowest BCUT2D eigenvalue weighted by Crippen LogP contribution is -2.42. The molecule has 11 heteroatoms. The number of nitrogens with zero attached hydrogens (tertiary/aromatic N) is 4. The number of fused-ring (bicyclic) bond motifs is 1. The summed E-state index contributed by atoms with van der Waals surface area (Å²) in [6, 6.07) is 13.0. The summed E-state index contributed by atoms with van der Waals surface area (Å²) in [5.41, 5.74) is -1.47. The summed E-state index contributed by atoms with van der Waals surface area (Å²) in [7, 11) is 0. The Kier molecular flexibility index (Phi) is 5.69. The number of aliphatic hydroxyl groups is 1. The van der Waals surface area contributed by atoms with Gasteiger partial charge < -0.3 is 15.4 Å². The van der Waals surface area contributed by atoms with E-state index in [0.717, 1.165) is 12.1 Å². The lowest BCUT2D eigenvalue weighted by molar-refractivity contribution is -0.137. The lowest BCUT2D eigenvalue weighted by Gasteiger charge is -2.25. The highest BCUT2D eigenvalue weighted by Crippen LogP contribution is 2.35. The molecule has 0 fully saturated rings. The number of halogens is 3. The monoisotopic (exact) mass is 490 g/mol. The predicted octanol–water partition coefficient (Wildman–Crippen LogP) is 4.31. The van der Waals surface area contributed by atoms with Gasteiger partial charge in [0, 0.05) is 40.7 Å². The maximum atomic E-state index is 13.4. The van der Waals surface area contributed by atoms with Crippen molar-refractivity contribution in [3.63, 3.8) is 0 Å². The molecule has 0 aliphatic rings. The molecule has 1 amide bonds. The number of amides is 1. The molecule has 0 unspecified atom stereocenters. The molecule has 3 N–H and O–H groups in total. The van der Waals surface area contributed by atoms with Gasteiger partial charge in [0.25, 0.3) is 5.91 Å². The summed E-state index contributed by atoms with van der Waals surface area (Å²) in [5.74, 6) is -0.793. The summed E-state index contributed by atoms with van der Waals surface area (Å²) < 4.78 is 39.9. The van der Waals surface area contributed by atoms with E-state index in [1.807, 2.05) is 0 Å². The fraction of sp³-hybridized carbons (Fsp3) is 0.0800. The second kappa shape index (κ2) is 8.86. The minimum Gasteiger partial charge on any atom is -0.369 e. The maximum Gasteiger partial charge on any atom is 0.416 e. The van der Waals surface area contributed by atoms with Crippen LogP contribution in [0.2, 0.25) is 0 Å². The molecule has 0 spiro atoms. The lowest BCUT2D eigenvalue weighted by atomic mass is 9.91. The number of hydrogen-bond acceptors (Lipinski definition) is 6. The van der Waals surface area contributed by atoms with E-state index in [9.17, 15) is 23.1 Å². The summed E-state index contributed by atoms with van der Waals surface area (Å²) in [6.07, 6.45) is 2.48. The van der Waals surface area contributed by atoms with Gasteiger partial charge in [0.1, 0.15) is 0 Å². The molecule has 5 rings (SSSR count). The Bertz CT molecular complexity index is 1540. The van der Waals surface area contributed by atoms with E-state index in [1.54, 1.807) is 30.3 Å². The van der Waals surface area contributed by atoms with Gasteiger partial charge in [-0.15, -0.1) is 0 Å². The molecule has 3 aromatic heterocycles. The first-order valence-corrected chi connectivity index (χ1v) is 10.6. The van der Waals surface area contributed by atoms with E-state index in [2.05, 4.69) is 30.5 Å². The molecule has 2 aromatic carbocycles. The van der Waals surface area contributed by atoms with Crippen LogP contribution in [-0.4, -0.2) is 36.2 Å². The number of imidazole rings is 1. The van der Waals surface area contributed by atoms with Crippen LogP contribution in [0, 0.1) is 0 Å². The number of benzene rings is 2. The molecule has 0 saturated heterocycles. The van der Waals surface area contributed by atoms with Crippen molar-refractivity contribution in [2.45, 2.75) is 11.8 Å². The van der Waals surface area contributed by atoms with Crippen LogP contribution in [0.15, 0.2) is 85.6 Å². The van der Waals surface area contributed by atoms with Gasteiger partial charge >= 0.3 is 6.18 Å². The Morgan fingerprint density at radius 2 is 1.78 bits per heavy atom. The molecule has 8 nitrogen and oxygen atoms in total. The van der Waals surface area contributed by atoms with Crippen LogP contribution in [0.25, 0.3) is 22.0 Å². The SMILES string of the molecule is O=C(Nc1cncc(-c2cnnc3ccc(C(F)(F)F)cc23)c1)[C@](O)(c1ccccc1)c1ncc[nH]1. The van der Waals surface area contributed by atoms with Gasteiger partial charge in [0.15, 0.2) is 5.82 Å². The average Bonchev–Trinajstić information content (AvgIpc) is 3.43. The number of H-pyrrole nitrogens is 1. The topological polar surface area (TPSA) is 117 Å². The number of pyridine rings is 1. The average molecular weight is 490 g/mol. The van der Waals surface area contributed by atoms with E-state index in [1.165, 1.54) is 43.1 Å². The standard InChI is InChI=1S/C25H17F3N6O2/c26-25(27,28)17-6-7-21-19(11-17)20(14-32-34-21)15-10-18(13-29-12-15)33-23(35)24(36,22-30-8-9-31-22)16-4-2-1-3-5-16/h1-14,36H,(H,30,31)(H,33,35)/t24-/m0/s1. The number of aromatic nitrogens is 5. The number of carbonyl (C=O) groups excluding carboxylic acids is 1. The highest BCUT2D eigenvalue weighted by molar-refractivity contribution is 6.00. The molecule has 0 saturated carbocycles. The second-order valence-corrected chi connectivity index (χ2v) is 7.92. The number of anilines is 1. The highest BCUT2D eigenvalue weighted by Gasteiger charge is 2.42. The van der Waals surface area contributed by atoms with Gasteiger partial charge in [0.05, 0.1) is 29.2 Å². The second-order valence-electron chi connectivity index (χ2n) is 7.92. The van der Waals surface area contributed by atoms with E-state index in [4.69, 9.17) is 0 Å². The van der Waals surface area contributed by atoms with Gasteiger partial charge in [-0.25, -0.2) is 4.98 Å². The number of alkyl halides is 3. The summed E-state index contributed by atoms with van der Waals surface area (Å²) in [4.78, 5) is 24.3. The molecule has 3 heterocycles. The van der Waals surface area contributed by atoms with Gasteiger partial charge in [-0.3, -0.25) is 9.78 Å². The van der Waals surface area contributed by atoms with Crippen molar-refractivity contribution in [2.24, 2.45) is 0 Å². The molecular weight excluding hydrogens is 473 g/mol. The first-order chi connectivity index (χ1) is 17.3. The molecule has 0 bridgehead atoms. The molecule has 0 aliphatic heterocycles. The van der Waals surface area contributed by atoms with Gasteiger partial charge in [-0.2, -0.15) is 23.4 Å². The van der Waals surface area contributed by atoms with Crippen molar-refractivity contribution in [1.82, 2.24) is 25.1 Å². The molecule has 1 atom stereocenters. The fourth-order valence-electron chi connectivity index (χ4n) is 3.86. The van der Waals surface area contributed by atoms with Gasteiger partial charge in [-0.1, -0.05) is 30.3 Å². The molecular formula is C25H17F3N6O2. The van der Waals surface area contributed by atoms with Crippen LogP contribution in [0.4, 0.5) is 18.9 Å². The van der Waals surface area contributed by atoms with Gasteiger partial charge in [0.2, 0.25) is 5.60 Å². The van der Waals surface area contributed by atoms with Crippen LogP contribution >= 0.6 is 0 Å². The summed E-state index contributed by atoms with van der Waals surface area (Å²) >= 11 is 0. The predicted molar refractivity (Wildman–Crippen MR) is 124 cm³/mol. The zero-order chi connectivity index (χ0) is 25.3. The van der Waals surface area contributed by atoms with E-state index in [-0.39, 0.29) is 28.0 Å². The highest BCUT2D eigenvalue weighted by atomic mass is 19.4. The van der Waals surface area contributed by atoms with E-state index >= 15 is 0 Å². The first-order valence-electron chi connectivity index (χ1n) is 10.6. The number of hydrogen-bond donors (Lipinski definition) is 3.